The molecule has 1 saturated carbocycles. The summed E-state index contributed by atoms with van der Waals surface area (Å²) >= 11 is 6.14. The molecule has 1 aliphatic carbocycles. The average molecular weight is 389 g/mol. The van der Waals surface area contributed by atoms with E-state index in [0.717, 1.165) is 5.56 Å². The maximum atomic E-state index is 10.3. The third-order valence-corrected chi connectivity index (χ3v) is 5.33. The topological polar surface area (TPSA) is 91.9 Å². The van der Waals surface area contributed by atoms with Crippen LogP contribution in [0.2, 0.25) is 5.02 Å². The second kappa shape index (κ2) is 6.99. The number of fused-ring (bicyclic) bond motifs is 1. The van der Waals surface area contributed by atoms with E-state index in [4.69, 9.17) is 16.3 Å². The number of nitrogens with zero attached hydrogens (tertiary/aromatic N) is 3. The summed E-state index contributed by atoms with van der Waals surface area (Å²) in [5.74, 6) is 1.39. The molecule has 7 nitrogen and oxygen atoms in total. The van der Waals surface area contributed by atoms with Crippen molar-refractivity contribution in [2.24, 2.45) is 5.92 Å². The molecule has 0 bridgehead atoms. The number of nitrogens with one attached hydrogen (secondary N) is 1. The van der Waals surface area contributed by atoms with Gasteiger partial charge in [0, 0.05) is 22.8 Å². The Morgan fingerprint density at radius 1 is 1.22 bits per heavy atom. The number of hydrogen-bond acceptors (Lipinski definition) is 6. The van der Waals surface area contributed by atoms with Gasteiger partial charge in [-0.1, -0.05) is 18.5 Å². The van der Waals surface area contributed by atoms with Crippen molar-refractivity contribution >= 4 is 23.1 Å². The largest absolute Gasteiger partial charge is 0.496 e. The van der Waals surface area contributed by atoms with Crippen molar-refractivity contribution in [2.45, 2.75) is 31.6 Å². The lowest BCUT2D eigenvalue weighted by Gasteiger charge is -2.19. The molecule has 4 atom stereocenters. The lowest BCUT2D eigenvalue weighted by Crippen LogP contribution is -2.35. The fourth-order valence-corrected chi connectivity index (χ4v) is 3.78. The Balaban J connectivity index is 1.72. The molecule has 2 heterocycles. The number of rotatable bonds is 4. The number of aliphatic hydroxyl groups is 2. The molecule has 0 amide bonds. The molecule has 1 aromatic carbocycles. The van der Waals surface area contributed by atoms with Crippen LogP contribution in [0.3, 0.4) is 0 Å². The monoisotopic (exact) mass is 388 g/mol. The van der Waals surface area contributed by atoms with E-state index in [1.807, 2.05) is 13.0 Å². The lowest BCUT2D eigenvalue weighted by atomic mass is 10.1. The van der Waals surface area contributed by atoms with Gasteiger partial charge >= 0.3 is 0 Å². The fourth-order valence-electron chi connectivity index (χ4n) is 3.60. The highest BCUT2D eigenvalue weighted by Gasteiger charge is 2.39. The maximum Gasteiger partial charge on any atom is 0.157 e. The van der Waals surface area contributed by atoms with E-state index in [1.165, 1.54) is 0 Å². The molecule has 2 aromatic heterocycles. The fraction of sp³-hybridized carbons (Fsp3) is 0.368. The first-order valence-corrected chi connectivity index (χ1v) is 9.17. The van der Waals surface area contributed by atoms with Crippen LogP contribution in [0, 0.1) is 5.92 Å². The van der Waals surface area contributed by atoms with Crippen LogP contribution < -0.4 is 10.1 Å². The van der Waals surface area contributed by atoms with Crippen molar-refractivity contribution in [1.29, 1.82) is 0 Å². The van der Waals surface area contributed by atoms with E-state index in [1.54, 1.807) is 42.1 Å². The second-order valence-corrected chi connectivity index (χ2v) is 7.36. The summed E-state index contributed by atoms with van der Waals surface area (Å²) < 4.78 is 7.10. The van der Waals surface area contributed by atoms with Crippen molar-refractivity contribution in [3.8, 4) is 17.0 Å². The van der Waals surface area contributed by atoms with E-state index in [9.17, 15) is 10.2 Å². The van der Waals surface area contributed by atoms with Crippen LogP contribution in [0.15, 0.2) is 36.5 Å². The van der Waals surface area contributed by atoms with Crippen molar-refractivity contribution in [1.82, 2.24) is 14.6 Å². The Hall–Kier alpha value is -2.35. The molecular weight excluding hydrogens is 368 g/mol. The van der Waals surface area contributed by atoms with E-state index < -0.39 is 12.2 Å². The molecule has 142 valence electrons. The summed E-state index contributed by atoms with van der Waals surface area (Å²) in [6.07, 6.45) is 0.789. The van der Waals surface area contributed by atoms with E-state index >= 15 is 0 Å². The van der Waals surface area contributed by atoms with Gasteiger partial charge in [0.1, 0.15) is 17.7 Å². The van der Waals surface area contributed by atoms with Gasteiger partial charge in [0.15, 0.2) is 5.65 Å². The van der Waals surface area contributed by atoms with Crippen LogP contribution in [-0.4, -0.2) is 50.2 Å². The third-order valence-electron chi connectivity index (χ3n) is 5.10. The van der Waals surface area contributed by atoms with Crippen LogP contribution in [0.25, 0.3) is 16.9 Å². The van der Waals surface area contributed by atoms with Crippen molar-refractivity contribution < 1.29 is 14.9 Å². The number of methoxy groups -OCH3 is 1. The van der Waals surface area contributed by atoms with Crippen LogP contribution in [0.4, 0.5) is 5.82 Å². The van der Waals surface area contributed by atoms with Gasteiger partial charge in [0.2, 0.25) is 0 Å². The molecular formula is C19H21ClN4O3. The standard InChI is InChI=1S/C19H21ClN4O3/c1-10-7-14(19(26)18(10)25)22-16-5-6-21-17-9-13(23-24(16)17)12-8-11(20)3-4-15(12)27-2/h3-6,8-10,14,18-19,22,25-26H,7H2,1-2H3/t10-,14-,18-,19+/m1/s1. The van der Waals surface area contributed by atoms with Crippen molar-refractivity contribution in [3.05, 3.63) is 41.6 Å². The minimum atomic E-state index is -0.828. The lowest BCUT2D eigenvalue weighted by molar-refractivity contribution is 0.0210. The van der Waals surface area contributed by atoms with E-state index in [-0.39, 0.29) is 12.0 Å². The molecule has 0 unspecified atom stereocenters. The van der Waals surface area contributed by atoms with Gasteiger partial charge in [-0.3, -0.25) is 0 Å². The van der Waals surface area contributed by atoms with E-state index in [0.29, 0.717) is 34.4 Å². The van der Waals surface area contributed by atoms with Gasteiger partial charge in [0.25, 0.3) is 0 Å². The minimum Gasteiger partial charge on any atom is -0.496 e. The van der Waals surface area contributed by atoms with Crippen LogP contribution >= 0.6 is 11.6 Å². The molecule has 0 spiro atoms. The molecule has 3 N–H and O–H groups in total. The van der Waals surface area contributed by atoms with Gasteiger partial charge in [0.05, 0.1) is 24.9 Å². The quantitative estimate of drug-likeness (QED) is 0.636. The summed E-state index contributed by atoms with van der Waals surface area (Å²) in [6.45, 7) is 1.93. The normalized spacial score (nSPS) is 25.1. The number of anilines is 1. The highest BCUT2D eigenvalue weighted by Crippen LogP contribution is 2.33. The van der Waals surface area contributed by atoms with Gasteiger partial charge in [-0.25, -0.2) is 4.98 Å². The molecule has 1 fully saturated rings. The highest BCUT2D eigenvalue weighted by atomic mass is 35.5. The van der Waals surface area contributed by atoms with Gasteiger partial charge in [-0.2, -0.15) is 9.61 Å². The molecule has 1 aliphatic rings. The Morgan fingerprint density at radius 2 is 2.04 bits per heavy atom. The van der Waals surface area contributed by atoms with Crippen LogP contribution in [0.5, 0.6) is 5.75 Å². The molecule has 0 aliphatic heterocycles. The van der Waals surface area contributed by atoms with Gasteiger partial charge in [-0.05, 0) is 36.6 Å². The Bertz CT molecular complexity index is 977. The summed E-state index contributed by atoms with van der Waals surface area (Å²) in [6, 6.07) is 8.75. The van der Waals surface area contributed by atoms with Crippen LogP contribution in [0.1, 0.15) is 13.3 Å². The smallest absolute Gasteiger partial charge is 0.157 e. The Morgan fingerprint density at radius 3 is 2.74 bits per heavy atom. The maximum absolute atomic E-state index is 10.3. The predicted octanol–water partition coefficient (Wildman–Crippen LogP) is 2.60. The molecule has 8 heteroatoms. The Kier molecular flexibility index (Phi) is 4.67. The number of halogens is 1. The number of benzene rings is 1. The number of aliphatic hydroxyl groups excluding tert-OH is 2. The summed E-state index contributed by atoms with van der Waals surface area (Å²) in [5.41, 5.74) is 2.10. The first-order valence-electron chi connectivity index (χ1n) is 8.79. The van der Waals surface area contributed by atoms with Gasteiger partial charge < -0.3 is 20.3 Å². The summed E-state index contributed by atoms with van der Waals surface area (Å²) in [7, 11) is 1.60. The summed E-state index contributed by atoms with van der Waals surface area (Å²) in [5, 5.41) is 28.8. The van der Waals surface area contributed by atoms with E-state index in [2.05, 4.69) is 15.4 Å². The van der Waals surface area contributed by atoms with Crippen molar-refractivity contribution in [3.63, 3.8) is 0 Å². The first-order chi connectivity index (χ1) is 13.0. The SMILES string of the molecule is COc1ccc(Cl)cc1-c1cc2nccc(N[C@@H]3C[C@@H](C)[C@@H](O)[C@H]3O)n2n1. The number of hydrogen-bond donors (Lipinski definition) is 3. The van der Waals surface area contributed by atoms with Crippen LogP contribution in [-0.2, 0) is 0 Å². The van der Waals surface area contributed by atoms with Gasteiger partial charge in [-0.15, -0.1) is 0 Å². The predicted molar refractivity (Wildman–Crippen MR) is 103 cm³/mol. The zero-order valence-corrected chi connectivity index (χ0v) is 15.8. The number of aromatic nitrogens is 3. The zero-order chi connectivity index (χ0) is 19.1. The first kappa shape index (κ1) is 18.0. The minimum absolute atomic E-state index is 0.0266. The molecule has 0 saturated heterocycles. The molecule has 3 aromatic rings. The summed E-state index contributed by atoms with van der Waals surface area (Å²) in [4.78, 5) is 4.36. The average Bonchev–Trinajstić information content (AvgIpc) is 3.20. The third kappa shape index (κ3) is 3.22. The Labute approximate surface area is 161 Å². The number of ether oxygens (including phenoxy) is 1. The zero-order valence-electron chi connectivity index (χ0n) is 15.0. The molecule has 0 radical (unpaired) electrons. The highest BCUT2D eigenvalue weighted by molar-refractivity contribution is 6.31. The second-order valence-electron chi connectivity index (χ2n) is 6.92. The molecule has 27 heavy (non-hydrogen) atoms. The molecule has 4 rings (SSSR count). The van der Waals surface area contributed by atoms with Crippen molar-refractivity contribution in [2.75, 3.05) is 12.4 Å².